The Morgan fingerprint density at radius 3 is 2.50 bits per heavy atom. The molecule has 1 amide bonds. The van der Waals surface area contributed by atoms with Gasteiger partial charge in [0.1, 0.15) is 11.4 Å². The summed E-state index contributed by atoms with van der Waals surface area (Å²) in [5.41, 5.74) is 0.346. The van der Waals surface area contributed by atoms with Crippen LogP contribution in [0.4, 0.5) is 10.5 Å². The minimum atomic E-state index is -0.948. The van der Waals surface area contributed by atoms with E-state index in [2.05, 4.69) is 5.32 Å². The Balaban J connectivity index is 2.83. The van der Waals surface area contributed by atoms with Crippen molar-refractivity contribution < 1.29 is 24.5 Å². The number of rotatable bonds is 4. The topological polar surface area (TPSA) is 95.9 Å². The van der Waals surface area contributed by atoms with Gasteiger partial charge in [-0.25, -0.2) is 4.79 Å². The van der Waals surface area contributed by atoms with E-state index in [-0.39, 0.29) is 18.6 Å². The van der Waals surface area contributed by atoms with Gasteiger partial charge >= 0.3 is 12.1 Å². The number of benzene rings is 1. The summed E-state index contributed by atoms with van der Waals surface area (Å²) in [6, 6.07) is 4.35. The van der Waals surface area contributed by atoms with Gasteiger partial charge in [0.25, 0.3) is 0 Å². The zero-order chi connectivity index (χ0) is 15.3. The molecular weight excluding hydrogens is 262 g/mol. The molecule has 110 valence electrons. The van der Waals surface area contributed by atoms with Crippen LogP contribution in [-0.2, 0) is 16.0 Å². The van der Waals surface area contributed by atoms with Crippen molar-refractivity contribution in [2.24, 2.45) is 0 Å². The minimum Gasteiger partial charge on any atom is -0.508 e. The second kappa shape index (κ2) is 6.27. The summed E-state index contributed by atoms with van der Waals surface area (Å²) in [5.74, 6) is -0.934. The molecule has 6 heteroatoms. The molecule has 0 radical (unpaired) electrons. The fourth-order valence-corrected chi connectivity index (χ4v) is 1.56. The van der Waals surface area contributed by atoms with Crippen LogP contribution < -0.4 is 5.32 Å². The van der Waals surface area contributed by atoms with Crippen molar-refractivity contribution in [2.75, 3.05) is 5.32 Å². The fourth-order valence-electron chi connectivity index (χ4n) is 1.56. The Morgan fingerprint density at radius 1 is 1.30 bits per heavy atom. The summed E-state index contributed by atoms with van der Waals surface area (Å²) in [4.78, 5) is 22.3. The van der Waals surface area contributed by atoms with Crippen LogP contribution in [0.15, 0.2) is 18.2 Å². The number of aliphatic carboxylic acids is 1. The number of nitrogens with one attached hydrogen (secondary N) is 1. The van der Waals surface area contributed by atoms with Crippen molar-refractivity contribution in [3.8, 4) is 5.75 Å². The van der Waals surface area contributed by atoms with E-state index < -0.39 is 17.7 Å². The highest BCUT2D eigenvalue weighted by molar-refractivity contribution is 5.86. The zero-order valence-electron chi connectivity index (χ0n) is 11.8. The average molecular weight is 281 g/mol. The highest BCUT2D eigenvalue weighted by Crippen LogP contribution is 2.23. The first-order chi connectivity index (χ1) is 9.17. The molecule has 0 aliphatic rings. The van der Waals surface area contributed by atoms with Gasteiger partial charge in [0, 0.05) is 12.1 Å². The standard InChI is InChI=1S/C14H19NO5/c1-14(2,3)20-13(19)15-11-6-5-10(16)8-9(11)4-7-12(17)18/h5-6,8,16H,4,7H2,1-3H3,(H,15,19)(H,17,18). The number of phenolic OH excluding ortho intramolecular Hbond substituents is 1. The van der Waals surface area contributed by atoms with Crippen molar-refractivity contribution in [1.29, 1.82) is 0 Å². The highest BCUT2D eigenvalue weighted by atomic mass is 16.6. The van der Waals surface area contributed by atoms with E-state index >= 15 is 0 Å². The van der Waals surface area contributed by atoms with E-state index in [1.54, 1.807) is 20.8 Å². The normalized spacial score (nSPS) is 10.9. The third kappa shape index (κ3) is 5.60. The predicted molar refractivity (Wildman–Crippen MR) is 73.9 cm³/mol. The average Bonchev–Trinajstić information content (AvgIpc) is 2.26. The van der Waals surface area contributed by atoms with Gasteiger partial charge in [-0.05, 0) is 51.0 Å². The summed E-state index contributed by atoms with van der Waals surface area (Å²) in [6.45, 7) is 5.23. The van der Waals surface area contributed by atoms with E-state index in [0.717, 1.165) is 0 Å². The third-order valence-corrected chi connectivity index (χ3v) is 2.33. The first-order valence-corrected chi connectivity index (χ1v) is 6.21. The Morgan fingerprint density at radius 2 is 1.95 bits per heavy atom. The smallest absolute Gasteiger partial charge is 0.412 e. The molecule has 1 rings (SSSR count). The van der Waals surface area contributed by atoms with Crippen molar-refractivity contribution in [3.05, 3.63) is 23.8 Å². The van der Waals surface area contributed by atoms with Crippen molar-refractivity contribution in [3.63, 3.8) is 0 Å². The number of amides is 1. The molecule has 0 bridgehead atoms. The van der Waals surface area contributed by atoms with Gasteiger partial charge in [-0.1, -0.05) is 0 Å². The van der Waals surface area contributed by atoms with Gasteiger partial charge in [0.05, 0.1) is 0 Å². The molecule has 0 saturated carbocycles. The molecule has 6 nitrogen and oxygen atoms in total. The highest BCUT2D eigenvalue weighted by Gasteiger charge is 2.17. The maximum atomic E-state index is 11.7. The van der Waals surface area contributed by atoms with Crippen LogP contribution in [0.1, 0.15) is 32.8 Å². The van der Waals surface area contributed by atoms with Gasteiger partial charge in [-0.15, -0.1) is 0 Å². The van der Waals surface area contributed by atoms with Crippen molar-refractivity contribution in [1.82, 2.24) is 0 Å². The number of anilines is 1. The molecule has 0 aliphatic heterocycles. The van der Waals surface area contributed by atoms with E-state index in [1.165, 1.54) is 18.2 Å². The van der Waals surface area contributed by atoms with Gasteiger partial charge in [0.2, 0.25) is 0 Å². The van der Waals surface area contributed by atoms with Crippen molar-refractivity contribution >= 4 is 17.7 Å². The molecule has 0 spiro atoms. The molecule has 1 aromatic carbocycles. The lowest BCUT2D eigenvalue weighted by atomic mass is 10.1. The largest absolute Gasteiger partial charge is 0.508 e. The predicted octanol–water partition coefficient (Wildman–Crippen LogP) is 2.76. The van der Waals surface area contributed by atoms with Gasteiger partial charge in [0.15, 0.2) is 0 Å². The number of ether oxygens (including phenoxy) is 1. The Hall–Kier alpha value is -2.24. The number of carboxylic acid groups (broad SMARTS) is 1. The lowest BCUT2D eigenvalue weighted by Gasteiger charge is -2.20. The third-order valence-electron chi connectivity index (χ3n) is 2.33. The number of hydrogen-bond donors (Lipinski definition) is 3. The van der Waals surface area contributed by atoms with Gasteiger partial charge in [-0.3, -0.25) is 10.1 Å². The number of phenols is 1. The van der Waals surface area contributed by atoms with Crippen LogP contribution in [0, 0.1) is 0 Å². The Kier molecular flexibility index (Phi) is 4.96. The number of aryl methyl sites for hydroxylation is 1. The summed E-state index contributed by atoms with van der Waals surface area (Å²) in [5, 5.41) is 20.7. The lowest BCUT2D eigenvalue weighted by Crippen LogP contribution is -2.27. The maximum Gasteiger partial charge on any atom is 0.412 e. The molecular formula is C14H19NO5. The van der Waals surface area contributed by atoms with Gasteiger partial charge in [-0.2, -0.15) is 0 Å². The number of aromatic hydroxyl groups is 1. The first-order valence-electron chi connectivity index (χ1n) is 6.21. The van der Waals surface area contributed by atoms with E-state index in [0.29, 0.717) is 11.3 Å². The number of hydrogen-bond acceptors (Lipinski definition) is 4. The summed E-state index contributed by atoms with van der Waals surface area (Å²) < 4.78 is 5.12. The van der Waals surface area contributed by atoms with Crippen LogP contribution >= 0.6 is 0 Å². The SMILES string of the molecule is CC(C)(C)OC(=O)Nc1ccc(O)cc1CCC(=O)O. The molecule has 0 atom stereocenters. The van der Waals surface area contributed by atoms with Crippen LogP contribution in [0.5, 0.6) is 5.75 Å². The first kappa shape index (κ1) is 15.8. The molecule has 0 heterocycles. The summed E-state index contributed by atoms with van der Waals surface area (Å²) in [7, 11) is 0. The quantitative estimate of drug-likeness (QED) is 0.737. The monoisotopic (exact) mass is 281 g/mol. The summed E-state index contributed by atoms with van der Waals surface area (Å²) >= 11 is 0. The molecule has 3 N–H and O–H groups in total. The minimum absolute atomic E-state index is 0.0140. The number of carboxylic acids is 1. The molecule has 0 unspecified atom stereocenters. The van der Waals surface area contributed by atoms with Crippen molar-refractivity contribution in [2.45, 2.75) is 39.2 Å². The van der Waals surface area contributed by atoms with E-state index in [4.69, 9.17) is 9.84 Å². The molecule has 0 aromatic heterocycles. The Bertz CT molecular complexity index is 505. The lowest BCUT2D eigenvalue weighted by molar-refractivity contribution is -0.136. The van der Waals surface area contributed by atoms with Gasteiger partial charge < -0.3 is 14.9 Å². The van der Waals surface area contributed by atoms with Crippen LogP contribution in [0.2, 0.25) is 0 Å². The van der Waals surface area contributed by atoms with E-state index in [9.17, 15) is 14.7 Å². The molecule has 1 aromatic rings. The van der Waals surface area contributed by atoms with Crippen LogP contribution in [0.3, 0.4) is 0 Å². The summed E-state index contributed by atoms with van der Waals surface area (Å²) in [6.07, 6.45) is -0.513. The molecule has 0 aliphatic carbocycles. The second-order valence-corrected chi connectivity index (χ2v) is 5.36. The zero-order valence-corrected chi connectivity index (χ0v) is 11.8. The maximum absolute atomic E-state index is 11.7. The number of carbonyl (C=O) groups is 2. The van der Waals surface area contributed by atoms with Crippen LogP contribution in [-0.4, -0.2) is 27.9 Å². The molecule has 20 heavy (non-hydrogen) atoms. The fraction of sp³-hybridized carbons (Fsp3) is 0.429. The molecule has 0 fully saturated rings. The number of carbonyl (C=O) groups excluding carboxylic acids is 1. The van der Waals surface area contributed by atoms with Crippen LogP contribution in [0.25, 0.3) is 0 Å². The second-order valence-electron chi connectivity index (χ2n) is 5.36. The molecule has 0 saturated heterocycles. The Labute approximate surface area is 117 Å². The van der Waals surface area contributed by atoms with E-state index in [1.807, 2.05) is 0 Å².